The van der Waals surface area contributed by atoms with Gasteiger partial charge in [0, 0.05) is 0 Å². The smallest absolute Gasteiger partial charge is 0.339 e. The van der Waals surface area contributed by atoms with Gasteiger partial charge in [-0.2, -0.15) is 0 Å². The minimum Gasteiger partial charge on any atom is -0.744 e. The fourth-order valence-electron chi connectivity index (χ4n) is 4.75. The second kappa shape index (κ2) is 14.0. The van der Waals surface area contributed by atoms with Crippen LogP contribution >= 0.6 is 7.26 Å². The van der Waals surface area contributed by atoms with Crippen LogP contribution in [-0.2, 0) is 19.6 Å². The lowest BCUT2D eigenvalue weighted by atomic mass is 10.1. The summed E-state index contributed by atoms with van der Waals surface area (Å²) < 4.78 is 41.8. The van der Waals surface area contributed by atoms with Crippen LogP contribution in [0.2, 0.25) is 0 Å². The quantitative estimate of drug-likeness (QED) is 0.152. The number of rotatable bonds is 7. The van der Waals surface area contributed by atoms with Crippen molar-refractivity contribution in [3.05, 3.63) is 151 Å². The zero-order valence-corrected chi connectivity index (χ0v) is 25.2. The third-order valence-corrected chi connectivity index (χ3v) is 11.8. The maximum atomic E-state index is 11.3. The van der Waals surface area contributed by atoms with Gasteiger partial charge in [0.25, 0.3) is 0 Å². The first kappa shape index (κ1) is 31.3. The van der Waals surface area contributed by atoms with Crippen LogP contribution in [-0.4, -0.2) is 39.1 Å². The van der Waals surface area contributed by atoms with Crippen LogP contribution in [0.3, 0.4) is 0 Å². The van der Waals surface area contributed by atoms with E-state index in [1.54, 1.807) is 0 Å². The fraction of sp³-hybridized carbons (Fsp3) is 0.0588. The van der Waals surface area contributed by atoms with E-state index >= 15 is 0 Å². The van der Waals surface area contributed by atoms with Crippen LogP contribution in [0.15, 0.2) is 144 Å². The fourth-order valence-corrected chi connectivity index (χ4v) is 9.71. The number of esters is 2. The molecule has 43 heavy (non-hydrogen) atoms. The predicted octanol–water partition coefficient (Wildman–Crippen LogP) is 4.47. The van der Waals surface area contributed by atoms with Crippen molar-refractivity contribution in [2.24, 2.45) is 0 Å². The number of methoxy groups -OCH3 is 2. The van der Waals surface area contributed by atoms with Gasteiger partial charge in [-0.3, -0.25) is 0 Å². The molecule has 9 heteroatoms. The minimum absolute atomic E-state index is 0.153. The monoisotopic (exact) mass is 612 g/mol. The lowest BCUT2D eigenvalue weighted by Crippen LogP contribution is -2.38. The molecule has 5 aromatic carbocycles. The highest BCUT2D eigenvalue weighted by Crippen LogP contribution is 2.53. The second-order valence-electron chi connectivity index (χ2n) is 9.16. The second-order valence-corrected chi connectivity index (χ2v) is 13.9. The van der Waals surface area contributed by atoms with Crippen LogP contribution in [0.5, 0.6) is 0 Å². The van der Waals surface area contributed by atoms with E-state index in [1.165, 1.54) is 21.2 Å². The van der Waals surface area contributed by atoms with Crippen molar-refractivity contribution in [2.75, 3.05) is 14.2 Å². The first-order valence-corrected chi connectivity index (χ1v) is 16.3. The molecule has 0 saturated carbocycles. The summed E-state index contributed by atoms with van der Waals surface area (Å²) in [5.74, 6) is -1.81. The van der Waals surface area contributed by atoms with Gasteiger partial charge in [-0.15, -0.1) is 0 Å². The highest BCUT2D eigenvalue weighted by atomic mass is 32.2. The number of benzene rings is 5. The van der Waals surface area contributed by atoms with Gasteiger partial charge in [-0.25, -0.2) is 18.0 Å². The molecule has 5 rings (SSSR count). The molecule has 0 bridgehead atoms. The summed E-state index contributed by atoms with van der Waals surface area (Å²) >= 11 is 0. The molecular weight excluding hydrogens is 583 g/mol. The van der Waals surface area contributed by atoms with E-state index in [0.29, 0.717) is 0 Å². The Balaban J connectivity index is 0.000000209. The Hall–Kier alpha value is -4.62. The Morgan fingerprint density at radius 2 is 0.907 bits per heavy atom. The van der Waals surface area contributed by atoms with Gasteiger partial charge in [0.05, 0.1) is 30.2 Å². The molecule has 5 aromatic rings. The van der Waals surface area contributed by atoms with Crippen molar-refractivity contribution in [3.63, 3.8) is 0 Å². The average Bonchev–Trinajstić information content (AvgIpc) is 3.06. The molecule has 7 nitrogen and oxygen atoms in total. The highest BCUT2D eigenvalue weighted by molar-refractivity contribution is 8.01. The van der Waals surface area contributed by atoms with Crippen molar-refractivity contribution >= 4 is 50.5 Å². The number of ether oxygens (including phenoxy) is 2. The standard InChI is InChI=1S/C24H20P.C10H10O7S/c1-5-13-21(14-6-1)25(22-15-7-2-8-16-22,23-17-9-3-10-18-23)24-19-11-4-12-20-24;1-16-9(11)6-3-4-7(10(12)17-2)8(5-6)18(13,14)15/h1-20H;3-5H,1-2H3,(H,13,14,15)/q+1;/p-1. The lowest BCUT2D eigenvalue weighted by molar-refractivity contribution is 0.0583. The molecule has 0 saturated heterocycles. The number of hydrogen-bond acceptors (Lipinski definition) is 7. The van der Waals surface area contributed by atoms with Crippen LogP contribution < -0.4 is 21.2 Å². The molecule has 0 atom stereocenters. The van der Waals surface area contributed by atoms with E-state index in [1.807, 2.05) is 0 Å². The molecule has 0 aliphatic heterocycles. The van der Waals surface area contributed by atoms with Crippen molar-refractivity contribution in [1.29, 1.82) is 0 Å². The topological polar surface area (TPSA) is 110 Å². The summed E-state index contributed by atoms with van der Waals surface area (Å²) in [6.45, 7) is 0. The summed E-state index contributed by atoms with van der Waals surface area (Å²) in [4.78, 5) is 21.7. The molecule has 0 N–H and O–H groups in total. The van der Waals surface area contributed by atoms with Gasteiger partial charge >= 0.3 is 11.9 Å². The van der Waals surface area contributed by atoms with Gasteiger partial charge < -0.3 is 14.0 Å². The zero-order valence-electron chi connectivity index (χ0n) is 23.5. The molecule has 218 valence electrons. The van der Waals surface area contributed by atoms with Gasteiger partial charge in [0.15, 0.2) is 0 Å². The molecular formula is C34H29O7PS. The highest BCUT2D eigenvalue weighted by Gasteiger charge is 2.47. The van der Waals surface area contributed by atoms with Gasteiger partial charge in [0.2, 0.25) is 0 Å². The van der Waals surface area contributed by atoms with Crippen LogP contribution in [0.4, 0.5) is 0 Å². The third-order valence-electron chi connectivity index (χ3n) is 6.65. The lowest BCUT2D eigenvalue weighted by Gasteiger charge is -2.27. The Morgan fingerprint density at radius 1 is 0.558 bits per heavy atom. The third kappa shape index (κ3) is 6.89. The Labute approximate surface area is 251 Å². The largest absolute Gasteiger partial charge is 0.744 e. The first-order valence-electron chi connectivity index (χ1n) is 13.1. The first-order chi connectivity index (χ1) is 20.7. The maximum Gasteiger partial charge on any atom is 0.339 e. The molecule has 0 fully saturated rings. The Kier molecular flexibility index (Phi) is 10.2. The summed E-state index contributed by atoms with van der Waals surface area (Å²) in [5.41, 5.74) is -0.584. The van der Waals surface area contributed by atoms with E-state index in [0.717, 1.165) is 32.4 Å². The van der Waals surface area contributed by atoms with E-state index in [2.05, 4.69) is 131 Å². The molecule has 0 spiro atoms. The summed E-state index contributed by atoms with van der Waals surface area (Å²) in [6.07, 6.45) is 0. The summed E-state index contributed by atoms with van der Waals surface area (Å²) in [6, 6.07) is 46.8. The van der Waals surface area contributed by atoms with E-state index in [-0.39, 0.29) is 5.56 Å². The van der Waals surface area contributed by atoms with E-state index < -0.39 is 39.8 Å². The number of carbonyl (C=O) groups is 2. The molecule has 0 heterocycles. The van der Waals surface area contributed by atoms with Crippen LogP contribution in [0.1, 0.15) is 20.7 Å². The molecule has 0 aromatic heterocycles. The predicted molar refractivity (Wildman–Crippen MR) is 168 cm³/mol. The van der Waals surface area contributed by atoms with Crippen molar-refractivity contribution in [1.82, 2.24) is 0 Å². The molecule has 0 aliphatic rings. The summed E-state index contributed by atoms with van der Waals surface area (Å²) in [5, 5.41) is 5.55. The minimum atomic E-state index is -4.91. The maximum absolute atomic E-state index is 11.3. The van der Waals surface area contributed by atoms with Crippen molar-refractivity contribution in [2.45, 2.75) is 4.90 Å². The Bertz CT molecular complexity index is 1620. The molecule has 0 radical (unpaired) electrons. The average molecular weight is 613 g/mol. The van der Waals surface area contributed by atoms with Gasteiger partial charge in [-0.1, -0.05) is 72.8 Å². The van der Waals surface area contributed by atoms with E-state index in [4.69, 9.17) is 0 Å². The zero-order chi connectivity index (χ0) is 30.9. The van der Waals surface area contributed by atoms with Crippen LogP contribution in [0.25, 0.3) is 0 Å². The molecule has 0 aliphatic carbocycles. The SMILES string of the molecule is COC(=O)c1ccc(C(=O)OC)c(S(=O)(=O)[O-])c1.c1ccc([P+](c2ccccc2)(c2ccccc2)c2ccccc2)cc1. The van der Waals surface area contributed by atoms with E-state index in [9.17, 15) is 22.6 Å². The van der Waals surface area contributed by atoms with Gasteiger partial charge in [-0.05, 0) is 66.7 Å². The van der Waals surface area contributed by atoms with Crippen molar-refractivity contribution < 1.29 is 32.0 Å². The molecule has 0 unspecified atom stereocenters. The van der Waals surface area contributed by atoms with Crippen LogP contribution in [0, 0.1) is 0 Å². The van der Waals surface area contributed by atoms with Crippen molar-refractivity contribution in [3.8, 4) is 0 Å². The number of hydrogen-bond donors (Lipinski definition) is 0. The Morgan fingerprint density at radius 3 is 1.21 bits per heavy atom. The normalized spacial score (nSPS) is 11.0. The summed E-state index contributed by atoms with van der Waals surface area (Å²) in [7, 11) is -4.68. The van der Waals surface area contributed by atoms with Gasteiger partial charge in [0.1, 0.15) is 38.6 Å². The number of carbonyl (C=O) groups excluding carboxylic acids is 2. The molecule has 0 amide bonds.